The number of thioether (sulfide) groups is 1. The molecule has 0 aliphatic heterocycles. The molecule has 2 aromatic rings. The average Bonchev–Trinajstić information content (AvgIpc) is 2.48. The van der Waals surface area contributed by atoms with E-state index in [1.165, 1.54) is 11.0 Å². The molecule has 0 saturated carbocycles. The summed E-state index contributed by atoms with van der Waals surface area (Å²) in [6.45, 7) is 0.524. The molecule has 0 heterocycles. The Morgan fingerprint density at radius 3 is 2.50 bits per heavy atom. The first-order valence-electron chi connectivity index (χ1n) is 5.98. The lowest BCUT2D eigenvalue weighted by Gasteiger charge is -2.03. The van der Waals surface area contributed by atoms with Crippen LogP contribution in [0.15, 0.2) is 64.4 Å². The molecule has 0 aliphatic carbocycles. The highest BCUT2D eigenvalue weighted by molar-refractivity contribution is 7.99. The van der Waals surface area contributed by atoms with Crippen molar-refractivity contribution in [2.45, 2.75) is 9.79 Å². The Balaban J connectivity index is 1.75. The normalized spacial score (nSPS) is 10.4. The Morgan fingerprint density at radius 2 is 1.75 bits per heavy atom. The van der Waals surface area contributed by atoms with Gasteiger partial charge in [0.15, 0.2) is 0 Å². The smallest absolute Gasteiger partial charge is 0.285 e. The van der Waals surface area contributed by atoms with Crippen molar-refractivity contribution in [3.05, 3.63) is 64.7 Å². The first kappa shape index (κ1) is 14.9. The van der Waals surface area contributed by atoms with E-state index in [-0.39, 0.29) is 5.69 Å². The highest BCUT2D eigenvalue weighted by Gasteiger charge is 2.13. The van der Waals surface area contributed by atoms with Crippen LogP contribution in [0, 0.1) is 10.1 Å². The second kappa shape index (κ2) is 7.94. The summed E-state index contributed by atoms with van der Waals surface area (Å²) in [5.74, 6) is 0.803. The van der Waals surface area contributed by atoms with Crippen LogP contribution in [0.1, 0.15) is 0 Å². The third kappa shape index (κ3) is 4.56. The Kier molecular flexibility index (Phi) is 5.91. The molecule has 20 heavy (non-hydrogen) atoms. The zero-order valence-corrected chi connectivity index (χ0v) is 12.2. The van der Waals surface area contributed by atoms with Gasteiger partial charge in [0.05, 0.1) is 11.5 Å². The van der Waals surface area contributed by atoms with Crippen LogP contribution in [0.5, 0.6) is 0 Å². The summed E-state index contributed by atoms with van der Waals surface area (Å²) in [5.41, 5.74) is 0.0770. The van der Waals surface area contributed by atoms with Crippen LogP contribution in [0.4, 0.5) is 5.69 Å². The van der Waals surface area contributed by atoms with Gasteiger partial charge >= 0.3 is 0 Å². The van der Waals surface area contributed by atoms with E-state index in [1.807, 2.05) is 30.3 Å². The summed E-state index contributed by atoms with van der Waals surface area (Å²) in [5, 5.41) is 10.8. The topological polar surface area (TPSA) is 52.4 Å². The van der Waals surface area contributed by atoms with Crippen molar-refractivity contribution in [1.29, 1.82) is 0 Å². The molecule has 0 spiro atoms. The van der Waals surface area contributed by atoms with Gasteiger partial charge < -0.3 is 4.18 Å². The van der Waals surface area contributed by atoms with E-state index in [0.717, 1.165) is 17.8 Å². The van der Waals surface area contributed by atoms with Gasteiger partial charge in [0.2, 0.25) is 0 Å². The van der Waals surface area contributed by atoms with E-state index < -0.39 is 4.92 Å². The number of rotatable bonds is 7. The zero-order valence-electron chi connectivity index (χ0n) is 10.6. The summed E-state index contributed by atoms with van der Waals surface area (Å²) >= 11 is 2.75. The molecule has 0 aromatic heterocycles. The highest BCUT2D eigenvalue weighted by atomic mass is 32.2. The number of nitro benzene ring substituents is 1. The fourth-order valence-electron chi connectivity index (χ4n) is 1.49. The van der Waals surface area contributed by atoms with Crippen molar-refractivity contribution in [3.8, 4) is 0 Å². The van der Waals surface area contributed by atoms with Gasteiger partial charge in [-0.3, -0.25) is 10.1 Å². The minimum absolute atomic E-state index is 0.0770. The third-order valence-electron chi connectivity index (χ3n) is 2.39. The maximum absolute atomic E-state index is 10.8. The maximum Gasteiger partial charge on any atom is 0.285 e. The molecule has 4 nitrogen and oxygen atoms in total. The van der Waals surface area contributed by atoms with Gasteiger partial charge in [-0.15, -0.1) is 11.8 Å². The molecule has 2 rings (SSSR count). The van der Waals surface area contributed by atoms with Crippen LogP contribution in [0.25, 0.3) is 0 Å². The number of benzene rings is 2. The monoisotopic (exact) mass is 307 g/mol. The van der Waals surface area contributed by atoms with Crippen molar-refractivity contribution in [2.75, 3.05) is 12.4 Å². The van der Waals surface area contributed by atoms with Gasteiger partial charge in [-0.25, -0.2) is 0 Å². The predicted octanol–water partition coefficient (Wildman–Crippen LogP) is 4.41. The van der Waals surface area contributed by atoms with Gasteiger partial charge in [0.25, 0.3) is 5.69 Å². The highest BCUT2D eigenvalue weighted by Crippen LogP contribution is 2.29. The molecule has 0 saturated heterocycles. The zero-order chi connectivity index (χ0) is 14.2. The van der Waals surface area contributed by atoms with Crippen LogP contribution in [0.3, 0.4) is 0 Å². The molecule has 0 bridgehead atoms. The Labute approximate surface area is 125 Å². The molecular formula is C14H13NO3S2. The molecule has 6 heteroatoms. The van der Waals surface area contributed by atoms with Crippen molar-refractivity contribution >= 4 is 29.5 Å². The summed E-state index contributed by atoms with van der Waals surface area (Å²) in [4.78, 5) is 12.1. The minimum Gasteiger partial charge on any atom is -0.309 e. The van der Waals surface area contributed by atoms with Gasteiger partial charge in [-0.1, -0.05) is 30.3 Å². The van der Waals surface area contributed by atoms with Crippen molar-refractivity contribution in [3.63, 3.8) is 0 Å². The summed E-state index contributed by atoms with van der Waals surface area (Å²) in [6.07, 6.45) is 0. The standard InChI is InChI=1S/C14H13NO3S2/c16-15(17)13-8-4-5-9-14(13)20-18-10-11-19-12-6-2-1-3-7-12/h1-9H,10-11H2. The van der Waals surface area contributed by atoms with E-state index in [0.29, 0.717) is 11.5 Å². The van der Waals surface area contributed by atoms with Crippen LogP contribution < -0.4 is 0 Å². The third-order valence-corrected chi connectivity index (χ3v) is 4.17. The second-order valence-electron chi connectivity index (χ2n) is 3.79. The SMILES string of the molecule is O=[N+]([O-])c1ccccc1SOCCSc1ccccc1. The Hall–Kier alpha value is -1.50. The van der Waals surface area contributed by atoms with Crippen LogP contribution in [-0.4, -0.2) is 17.3 Å². The lowest BCUT2D eigenvalue weighted by molar-refractivity contribution is -0.387. The predicted molar refractivity (Wildman–Crippen MR) is 82.1 cm³/mol. The summed E-state index contributed by atoms with van der Waals surface area (Å²) in [6, 6.07) is 16.6. The fraction of sp³-hybridized carbons (Fsp3) is 0.143. The average molecular weight is 307 g/mol. The molecule has 0 aliphatic rings. The lowest BCUT2D eigenvalue weighted by Crippen LogP contribution is -1.93. The molecule has 0 radical (unpaired) electrons. The van der Waals surface area contributed by atoms with E-state index in [1.54, 1.807) is 30.0 Å². The van der Waals surface area contributed by atoms with E-state index in [2.05, 4.69) is 0 Å². The molecule has 0 atom stereocenters. The molecule has 0 unspecified atom stereocenters. The Bertz CT molecular complexity index is 563. The minimum atomic E-state index is -0.398. The van der Waals surface area contributed by atoms with Crippen molar-refractivity contribution < 1.29 is 9.11 Å². The molecule has 0 amide bonds. The summed E-state index contributed by atoms with van der Waals surface area (Å²) < 4.78 is 5.42. The lowest BCUT2D eigenvalue weighted by atomic mass is 10.3. The molecular weight excluding hydrogens is 294 g/mol. The summed E-state index contributed by atoms with van der Waals surface area (Å²) in [7, 11) is 0. The first-order chi connectivity index (χ1) is 9.77. The Morgan fingerprint density at radius 1 is 1.05 bits per heavy atom. The van der Waals surface area contributed by atoms with E-state index in [4.69, 9.17) is 4.18 Å². The van der Waals surface area contributed by atoms with Gasteiger partial charge in [-0.2, -0.15) is 0 Å². The maximum atomic E-state index is 10.8. The van der Waals surface area contributed by atoms with Crippen molar-refractivity contribution in [2.24, 2.45) is 0 Å². The molecule has 0 N–H and O–H groups in total. The van der Waals surface area contributed by atoms with Gasteiger partial charge in [0, 0.05) is 28.8 Å². The quantitative estimate of drug-likeness (QED) is 0.249. The number of nitrogens with zero attached hydrogens (tertiary/aromatic N) is 1. The molecule has 104 valence electrons. The van der Waals surface area contributed by atoms with Gasteiger partial charge in [-0.05, 0) is 18.2 Å². The van der Waals surface area contributed by atoms with Crippen LogP contribution in [-0.2, 0) is 4.18 Å². The fourth-order valence-corrected chi connectivity index (χ4v) is 3.01. The van der Waals surface area contributed by atoms with Gasteiger partial charge in [0.1, 0.15) is 4.90 Å². The largest absolute Gasteiger partial charge is 0.309 e. The first-order valence-corrected chi connectivity index (χ1v) is 7.71. The molecule has 0 fully saturated rings. The number of nitro groups is 1. The number of para-hydroxylation sites is 1. The van der Waals surface area contributed by atoms with Crippen molar-refractivity contribution in [1.82, 2.24) is 0 Å². The van der Waals surface area contributed by atoms with Crippen LogP contribution >= 0.6 is 23.8 Å². The van der Waals surface area contributed by atoms with E-state index in [9.17, 15) is 10.1 Å². The second-order valence-corrected chi connectivity index (χ2v) is 5.80. The van der Waals surface area contributed by atoms with Crippen LogP contribution in [0.2, 0.25) is 0 Å². The number of hydrogen-bond acceptors (Lipinski definition) is 5. The molecule has 2 aromatic carbocycles. The number of hydrogen-bond donors (Lipinski definition) is 0. The van der Waals surface area contributed by atoms with E-state index >= 15 is 0 Å².